The molecule has 6 aromatic rings. The average Bonchev–Trinajstić information content (AvgIpc) is 3.62. The van der Waals surface area contributed by atoms with Crippen LogP contribution in [0.5, 0.6) is 0 Å². The number of anilines is 1. The Bertz CT molecular complexity index is 2640. The minimum absolute atomic E-state index is 0.0904. The van der Waals surface area contributed by atoms with E-state index in [1.54, 1.807) is 28.8 Å². The van der Waals surface area contributed by atoms with Crippen molar-refractivity contribution in [2.24, 2.45) is 0 Å². The highest BCUT2D eigenvalue weighted by atomic mass is 32.2. The van der Waals surface area contributed by atoms with E-state index in [0.29, 0.717) is 28.5 Å². The molecule has 1 aliphatic rings. The maximum atomic E-state index is 15.1. The second kappa shape index (κ2) is 11.7. The van der Waals surface area contributed by atoms with Crippen molar-refractivity contribution in [1.82, 2.24) is 19.9 Å². The van der Waals surface area contributed by atoms with Crippen LogP contribution in [-0.4, -0.2) is 69.6 Å². The molecule has 0 saturated heterocycles. The molecule has 0 aliphatic carbocycles. The predicted molar refractivity (Wildman–Crippen MR) is 183 cm³/mol. The number of halogens is 3. The van der Waals surface area contributed by atoms with Crippen LogP contribution in [0.4, 0.5) is 19.0 Å². The minimum Gasteiger partial charge on any atom is -0.437 e. The van der Waals surface area contributed by atoms with E-state index in [9.17, 15) is 26.0 Å². The van der Waals surface area contributed by atoms with Crippen LogP contribution in [0, 0.1) is 17.5 Å². The van der Waals surface area contributed by atoms with E-state index in [2.05, 4.69) is 10.3 Å². The second-order valence-electron chi connectivity index (χ2n) is 12.2. The van der Waals surface area contributed by atoms with Crippen LogP contribution < -0.4 is 9.62 Å². The monoisotopic (exact) mass is 723 g/mol. The number of hydrogen-bond acceptors (Lipinski definition) is 8. The number of nitrogens with one attached hydrogen (secondary N) is 1. The van der Waals surface area contributed by atoms with Gasteiger partial charge in [-0.3, -0.25) is 9.10 Å². The molecule has 0 saturated carbocycles. The van der Waals surface area contributed by atoms with E-state index >= 15 is 8.78 Å². The fourth-order valence-electron chi connectivity index (χ4n) is 6.46. The molecule has 0 fully saturated rings. The van der Waals surface area contributed by atoms with E-state index in [1.165, 1.54) is 32.3 Å². The number of nitrogens with zero attached hydrogens (tertiary/aromatic N) is 4. The lowest BCUT2D eigenvalue weighted by atomic mass is 9.97. The summed E-state index contributed by atoms with van der Waals surface area (Å²) in [7, 11) is -4.76. The molecular weight excluding hydrogens is 696 g/mol. The first-order valence-electron chi connectivity index (χ1n) is 15.1. The molecule has 1 atom stereocenters. The van der Waals surface area contributed by atoms with Gasteiger partial charge in [0, 0.05) is 37.4 Å². The van der Waals surface area contributed by atoms with Crippen LogP contribution in [0.25, 0.3) is 56.0 Å². The highest BCUT2D eigenvalue weighted by molar-refractivity contribution is 7.92. The van der Waals surface area contributed by atoms with Crippen LogP contribution in [0.3, 0.4) is 0 Å². The van der Waals surface area contributed by atoms with Crippen LogP contribution >= 0.6 is 0 Å². The van der Waals surface area contributed by atoms with Crippen LogP contribution in [-0.2, 0) is 26.3 Å². The molecule has 7 rings (SSSR count). The molecule has 0 radical (unpaired) electrons. The summed E-state index contributed by atoms with van der Waals surface area (Å²) in [6, 6.07) is 13.1. The molecule has 4 aromatic heterocycles. The molecule has 2 aromatic carbocycles. The topological polar surface area (TPSA) is 144 Å². The summed E-state index contributed by atoms with van der Waals surface area (Å²) in [5, 5.41) is 2.85. The van der Waals surface area contributed by atoms with Crippen molar-refractivity contribution in [2.75, 3.05) is 36.7 Å². The third-order valence-corrected chi connectivity index (χ3v) is 10.9. The van der Waals surface area contributed by atoms with Gasteiger partial charge >= 0.3 is 0 Å². The number of sulfonamides is 1. The van der Waals surface area contributed by atoms with Gasteiger partial charge in [0.2, 0.25) is 15.7 Å². The molecule has 0 bridgehead atoms. The third kappa shape index (κ3) is 5.57. The van der Waals surface area contributed by atoms with Gasteiger partial charge in [-0.25, -0.2) is 35.0 Å². The minimum atomic E-state index is -3.94. The van der Waals surface area contributed by atoms with Gasteiger partial charge in [-0.05, 0) is 54.4 Å². The number of hydrogen-bond donors (Lipinski definition) is 1. The Hall–Kier alpha value is -5.22. The Labute approximate surface area is 284 Å². The second-order valence-corrected chi connectivity index (χ2v) is 16.4. The van der Waals surface area contributed by atoms with Crippen molar-refractivity contribution < 1.29 is 39.2 Å². The van der Waals surface area contributed by atoms with Gasteiger partial charge in [-0.15, -0.1) is 0 Å². The zero-order valence-corrected chi connectivity index (χ0v) is 28.6. The van der Waals surface area contributed by atoms with Gasteiger partial charge in [0.1, 0.15) is 27.3 Å². The summed E-state index contributed by atoms with van der Waals surface area (Å²) < 4.78 is 103. The van der Waals surface area contributed by atoms with Crippen molar-refractivity contribution in [1.29, 1.82) is 0 Å². The number of furan rings is 1. The molecular formula is C34H28F3N5O6S2. The molecule has 11 nitrogen and oxygen atoms in total. The first-order valence-corrected chi connectivity index (χ1v) is 19.0. The fourth-order valence-corrected chi connectivity index (χ4v) is 7.88. The Morgan fingerprint density at radius 1 is 0.960 bits per heavy atom. The number of carbonyl (C=O) groups excluding carboxylic acids is 1. The van der Waals surface area contributed by atoms with Crippen molar-refractivity contribution >= 4 is 53.6 Å². The van der Waals surface area contributed by atoms with Gasteiger partial charge in [0.15, 0.2) is 11.6 Å². The van der Waals surface area contributed by atoms with E-state index in [0.717, 1.165) is 28.9 Å². The SMILES string of the molecule is CNC(=O)c1c(-c2ccc(F)cc2F)oc2nc(N(C)S(C)(=O)=O)c(-c3ccc4c(n3)-c3cc5c(F)cccc5n3C(CS(C)(=O)=O)C4)cc12. The third-order valence-electron chi connectivity index (χ3n) is 8.73. The Morgan fingerprint density at radius 3 is 2.40 bits per heavy atom. The smallest absolute Gasteiger partial charge is 0.255 e. The number of aromatic nitrogens is 3. The summed E-state index contributed by atoms with van der Waals surface area (Å²) in [4.78, 5) is 22.7. The van der Waals surface area contributed by atoms with Crippen LogP contribution in [0.15, 0.2) is 65.1 Å². The molecule has 1 amide bonds. The first-order chi connectivity index (χ1) is 23.6. The lowest BCUT2D eigenvalue weighted by Gasteiger charge is -2.28. The van der Waals surface area contributed by atoms with Crippen LogP contribution in [0.2, 0.25) is 0 Å². The quantitative estimate of drug-likeness (QED) is 0.228. The zero-order chi connectivity index (χ0) is 35.9. The Morgan fingerprint density at radius 2 is 1.72 bits per heavy atom. The number of pyridine rings is 2. The molecule has 1 aliphatic heterocycles. The van der Waals surface area contributed by atoms with Crippen LogP contribution in [0.1, 0.15) is 22.0 Å². The molecule has 1 unspecified atom stereocenters. The van der Waals surface area contributed by atoms with Crippen molar-refractivity contribution in [3.8, 4) is 34.0 Å². The molecule has 258 valence electrons. The van der Waals surface area contributed by atoms with Gasteiger partial charge in [0.05, 0.1) is 57.2 Å². The number of sulfone groups is 1. The lowest BCUT2D eigenvalue weighted by Crippen LogP contribution is -2.27. The van der Waals surface area contributed by atoms with Gasteiger partial charge in [-0.1, -0.05) is 12.1 Å². The lowest BCUT2D eigenvalue weighted by molar-refractivity contribution is 0.0964. The maximum Gasteiger partial charge on any atom is 0.255 e. The van der Waals surface area contributed by atoms with Crippen molar-refractivity contribution in [2.45, 2.75) is 12.5 Å². The Balaban J connectivity index is 1.50. The van der Waals surface area contributed by atoms with E-state index in [-0.39, 0.29) is 62.6 Å². The first kappa shape index (κ1) is 33.3. The maximum absolute atomic E-state index is 15.1. The van der Waals surface area contributed by atoms with E-state index in [4.69, 9.17) is 9.40 Å². The summed E-state index contributed by atoms with van der Waals surface area (Å²) in [5.74, 6) is -3.61. The highest BCUT2D eigenvalue weighted by Gasteiger charge is 2.32. The molecule has 1 N–H and O–H groups in total. The summed E-state index contributed by atoms with van der Waals surface area (Å²) in [6.45, 7) is 0. The molecule has 5 heterocycles. The van der Waals surface area contributed by atoms with Gasteiger partial charge < -0.3 is 14.3 Å². The largest absolute Gasteiger partial charge is 0.437 e. The van der Waals surface area contributed by atoms with Crippen molar-refractivity contribution in [3.63, 3.8) is 0 Å². The van der Waals surface area contributed by atoms with E-state index in [1.807, 2.05) is 0 Å². The van der Waals surface area contributed by atoms with Crippen molar-refractivity contribution in [3.05, 3.63) is 89.2 Å². The molecule has 16 heteroatoms. The number of benzene rings is 2. The number of amides is 1. The number of rotatable bonds is 7. The standard InChI is InChI=1S/C34H28F3N5O6S2/c1-38-33(43)29-23-14-22(32(41(2)50(4,46)47)40-34(23)48-31(29)20-10-9-18(35)13-25(20)37)26-11-8-17-12-19(16-49(3,44)45)42-27-7-5-6-24(36)21(27)15-28(42)30(17)39-26/h5-11,13-15,19H,12,16H2,1-4H3,(H,38,43). The summed E-state index contributed by atoms with van der Waals surface area (Å²) in [5.41, 5.74) is 1.83. The molecule has 0 spiro atoms. The van der Waals surface area contributed by atoms with Gasteiger partial charge in [-0.2, -0.15) is 4.98 Å². The zero-order valence-electron chi connectivity index (χ0n) is 27.0. The summed E-state index contributed by atoms with van der Waals surface area (Å²) in [6.07, 6.45) is 2.36. The van der Waals surface area contributed by atoms with Gasteiger partial charge in [0.25, 0.3) is 5.91 Å². The summed E-state index contributed by atoms with van der Waals surface area (Å²) >= 11 is 0. The average molecular weight is 724 g/mol. The number of fused-ring (bicyclic) bond motifs is 6. The Kier molecular flexibility index (Phi) is 7.78. The fraction of sp³-hybridized carbons (Fsp3) is 0.206. The normalized spacial score (nSPS) is 14.5. The van der Waals surface area contributed by atoms with E-state index < -0.39 is 49.3 Å². The highest BCUT2D eigenvalue weighted by Crippen LogP contribution is 2.43. The molecule has 50 heavy (non-hydrogen) atoms. The number of carbonyl (C=O) groups is 1. The predicted octanol–water partition coefficient (Wildman–Crippen LogP) is 5.49.